The van der Waals surface area contributed by atoms with Crippen molar-refractivity contribution in [1.82, 2.24) is 4.98 Å². The maximum Gasteiger partial charge on any atom is 0.406 e. The highest BCUT2D eigenvalue weighted by molar-refractivity contribution is 5.95. The molecule has 1 aromatic carbocycles. The van der Waals surface area contributed by atoms with E-state index in [9.17, 15) is 14.9 Å². The van der Waals surface area contributed by atoms with Crippen molar-refractivity contribution >= 4 is 11.6 Å². The lowest BCUT2D eigenvalue weighted by Crippen LogP contribution is -2.05. The molecule has 0 aliphatic rings. The van der Waals surface area contributed by atoms with E-state index >= 15 is 0 Å². The number of hydrogen-bond donors (Lipinski definition) is 0. The summed E-state index contributed by atoms with van der Waals surface area (Å²) in [6.45, 7) is 0.227. The van der Waals surface area contributed by atoms with Crippen molar-refractivity contribution in [2.45, 2.75) is 12.8 Å². The largest absolute Gasteiger partial charge is 0.486 e. The molecule has 0 N–H and O–H groups in total. The summed E-state index contributed by atoms with van der Waals surface area (Å²) >= 11 is 0. The van der Waals surface area contributed by atoms with Gasteiger partial charge in [0.2, 0.25) is 5.75 Å². The highest BCUT2D eigenvalue weighted by atomic mass is 16.6. The highest BCUT2D eigenvalue weighted by Gasteiger charge is 2.15. The lowest BCUT2D eigenvalue weighted by atomic mass is 10.1. The molecule has 2 rings (SSSR count). The van der Waals surface area contributed by atoms with Crippen LogP contribution in [0.25, 0.3) is 0 Å². The van der Waals surface area contributed by atoms with Crippen molar-refractivity contribution in [2.75, 3.05) is 6.61 Å². The number of aromatic nitrogens is 1. The maximum absolute atomic E-state index is 11.9. The fourth-order valence-electron chi connectivity index (χ4n) is 1.82. The first kappa shape index (κ1) is 14.6. The quantitative estimate of drug-likeness (QED) is 0.338. The normalized spacial score (nSPS) is 10.1. The molecule has 6 heteroatoms. The zero-order valence-corrected chi connectivity index (χ0v) is 11.3. The van der Waals surface area contributed by atoms with Crippen LogP contribution in [0.2, 0.25) is 0 Å². The van der Waals surface area contributed by atoms with Gasteiger partial charge in [-0.15, -0.1) is 0 Å². The third kappa shape index (κ3) is 4.10. The van der Waals surface area contributed by atoms with E-state index in [1.54, 1.807) is 18.2 Å². The van der Waals surface area contributed by atoms with Crippen LogP contribution in [0.5, 0.6) is 5.75 Å². The molecular formula is C15H14N2O4. The Balaban J connectivity index is 1.83. The van der Waals surface area contributed by atoms with Crippen molar-refractivity contribution < 1.29 is 14.5 Å². The molecule has 0 spiro atoms. The number of nitro groups is 1. The molecule has 0 atom stereocenters. The molecule has 1 heterocycles. The molecule has 0 aliphatic carbocycles. The molecule has 2 aromatic rings. The van der Waals surface area contributed by atoms with E-state index in [1.165, 1.54) is 12.3 Å². The number of nitrogens with zero attached hydrogens (tertiary/aromatic N) is 2. The predicted molar refractivity (Wildman–Crippen MR) is 76.4 cm³/mol. The standard InChI is InChI=1S/C15H14N2O4/c18-13(12-6-2-1-3-7-12)8-5-11-21-14-9-4-10-16-15(14)17(19)20/h1-4,6-7,9-10H,5,8,11H2. The lowest BCUT2D eigenvalue weighted by Gasteiger charge is -2.05. The van der Waals surface area contributed by atoms with Gasteiger partial charge in [0, 0.05) is 12.0 Å². The zero-order chi connectivity index (χ0) is 15.1. The Labute approximate surface area is 121 Å². The average Bonchev–Trinajstić information content (AvgIpc) is 2.52. The lowest BCUT2D eigenvalue weighted by molar-refractivity contribution is -0.390. The molecule has 21 heavy (non-hydrogen) atoms. The maximum atomic E-state index is 11.9. The van der Waals surface area contributed by atoms with Crippen LogP contribution >= 0.6 is 0 Å². The molecule has 0 saturated heterocycles. The number of ether oxygens (including phenoxy) is 1. The molecule has 1 aromatic heterocycles. The minimum absolute atomic E-state index is 0.0277. The van der Waals surface area contributed by atoms with Crippen molar-refractivity contribution in [1.29, 1.82) is 0 Å². The summed E-state index contributed by atoms with van der Waals surface area (Å²) in [5, 5.41) is 10.8. The van der Waals surface area contributed by atoms with E-state index < -0.39 is 4.92 Å². The predicted octanol–water partition coefficient (Wildman–Crippen LogP) is 3.03. The number of Topliss-reactive ketones (excluding diaryl/α,β-unsaturated/α-hetero) is 1. The molecule has 0 fully saturated rings. The van der Waals surface area contributed by atoms with Gasteiger partial charge >= 0.3 is 5.82 Å². The number of benzene rings is 1. The Bertz CT molecular complexity index is 629. The van der Waals surface area contributed by atoms with Crippen LogP contribution in [0.1, 0.15) is 23.2 Å². The molecule has 0 saturated carbocycles. The summed E-state index contributed by atoms with van der Waals surface area (Å²) in [4.78, 5) is 25.7. The fourth-order valence-corrected chi connectivity index (χ4v) is 1.82. The second-order valence-electron chi connectivity index (χ2n) is 4.32. The van der Waals surface area contributed by atoms with Gasteiger partial charge < -0.3 is 14.9 Å². The summed E-state index contributed by atoms with van der Waals surface area (Å²) in [7, 11) is 0. The number of hydrogen-bond acceptors (Lipinski definition) is 5. The topological polar surface area (TPSA) is 82.3 Å². The second kappa shape index (κ2) is 7.14. The highest BCUT2D eigenvalue weighted by Crippen LogP contribution is 2.23. The average molecular weight is 286 g/mol. The Morgan fingerprint density at radius 2 is 1.95 bits per heavy atom. The van der Waals surface area contributed by atoms with Gasteiger partial charge in [-0.05, 0) is 28.5 Å². The summed E-state index contributed by atoms with van der Waals surface area (Å²) in [5.74, 6) is -0.165. The Hall–Kier alpha value is -2.76. The molecule has 0 aliphatic heterocycles. The molecule has 108 valence electrons. The molecule has 0 amide bonds. The summed E-state index contributed by atoms with van der Waals surface area (Å²) in [6.07, 6.45) is 2.15. The van der Waals surface area contributed by atoms with Gasteiger partial charge in [0.05, 0.1) is 6.61 Å². The number of ketones is 1. The first-order valence-electron chi connectivity index (χ1n) is 6.49. The Morgan fingerprint density at radius 1 is 1.19 bits per heavy atom. The van der Waals surface area contributed by atoms with Gasteiger partial charge in [-0.3, -0.25) is 4.79 Å². The SMILES string of the molecule is O=C(CCCOc1cccnc1[N+](=O)[O-])c1ccccc1. The van der Waals surface area contributed by atoms with Crippen LogP contribution < -0.4 is 4.74 Å². The third-order valence-electron chi connectivity index (χ3n) is 2.83. The Morgan fingerprint density at radius 3 is 2.67 bits per heavy atom. The Kier molecular flexibility index (Phi) is 4.98. The van der Waals surface area contributed by atoms with Gasteiger partial charge in [-0.25, -0.2) is 0 Å². The van der Waals surface area contributed by atoms with E-state index in [0.717, 1.165) is 0 Å². The summed E-state index contributed by atoms with van der Waals surface area (Å²) in [5.41, 5.74) is 0.657. The molecule has 0 radical (unpaired) electrons. The van der Waals surface area contributed by atoms with Crippen molar-refractivity contribution in [3.05, 3.63) is 64.3 Å². The van der Waals surface area contributed by atoms with E-state index in [-0.39, 0.29) is 24.0 Å². The van der Waals surface area contributed by atoms with Gasteiger partial charge in [0.25, 0.3) is 0 Å². The number of carbonyl (C=O) groups is 1. The van der Waals surface area contributed by atoms with Crippen LogP contribution in [0.15, 0.2) is 48.7 Å². The van der Waals surface area contributed by atoms with E-state index in [2.05, 4.69) is 4.98 Å². The number of carbonyl (C=O) groups excluding carboxylic acids is 1. The van der Waals surface area contributed by atoms with Gasteiger partial charge in [0.1, 0.15) is 6.20 Å². The fraction of sp³-hybridized carbons (Fsp3) is 0.200. The van der Waals surface area contributed by atoms with Crippen LogP contribution in [-0.4, -0.2) is 22.3 Å². The smallest absolute Gasteiger partial charge is 0.406 e. The van der Waals surface area contributed by atoms with Crippen LogP contribution in [-0.2, 0) is 0 Å². The monoisotopic (exact) mass is 286 g/mol. The zero-order valence-electron chi connectivity index (χ0n) is 11.3. The van der Waals surface area contributed by atoms with Crippen molar-refractivity contribution in [3.63, 3.8) is 0 Å². The van der Waals surface area contributed by atoms with Crippen molar-refractivity contribution in [3.8, 4) is 5.75 Å². The first-order valence-corrected chi connectivity index (χ1v) is 6.49. The first-order chi connectivity index (χ1) is 10.2. The number of rotatable bonds is 7. The summed E-state index contributed by atoms with van der Waals surface area (Å²) in [6, 6.07) is 12.0. The number of pyridine rings is 1. The van der Waals surface area contributed by atoms with E-state index in [0.29, 0.717) is 18.4 Å². The third-order valence-corrected chi connectivity index (χ3v) is 2.83. The minimum atomic E-state index is -0.593. The van der Waals surface area contributed by atoms with Crippen molar-refractivity contribution in [2.24, 2.45) is 0 Å². The van der Waals surface area contributed by atoms with E-state index in [4.69, 9.17) is 4.74 Å². The minimum Gasteiger partial charge on any atom is -0.486 e. The molecular weight excluding hydrogens is 272 g/mol. The van der Waals surface area contributed by atoms with Crippen LogP contribution in [0.3, 0.4) is 0 Å². The molecule has 6 nitrogen and oxygen atoms in total. The van der Waals surface area contributed by atoms with Gasteiger partial charge in [-0.1, -0.05) is 30.3 Å². The molecule has 0 unspecified atom stereocenters. The summed E-state index contributed by atoms with van der Waals surface area (Å²) < 4.78 is 5.33. The second-order valence-corrected chi connectivity index (χ2v) is 4.32. The van der Waals surface area contributed by atoms with Gasteiger partial charge in [-0.2, -0.15) is 0 Å². The van der Waals surface area contributed by atoms with Crippen LogP contribution in [0, 0.1) is 10.1 Å². The van der Waals surface area contributed by atoms with E-state index in [1.807, 2.05) is 18.2 Å². The van der Waals surface area contributed by atoms with Crippen LogP contribution in [0.4, 0.5) is 5.82 Å². The molecule has 0 bridgehead atoms. The van der Waals surface area contributed by atoms with Gasteiger partial charge in [0.15, 0.2) is 5.78 Å².